The fourth-order valence-corrected chi connectivity index (χ4v) is 3.29. The van der Waals surface area contributed by atoms with Gasteiger partial charge in [0.2, 0.25) is 11.7 Å². The first-order valence-corrected chi connectivity index (χ1v) is 9.82. The number of hydrogen-bond acceptors (Lipinski definition) is 5. The van der Waals surface area contributed by atoms with Crippen LogP contribution in [0.2, 0.25) is 5.02 Å². The summed E-state index contributed by atoms with van der Waals surface area (Å²) in [5.74, 6) is 2.61. The van der Waals surface area contributed by atoms with Crippen LogP contribution in [0.1, 0.15) is 5.89 Å². The predicted octanol–water partition coefficient (Wildman–Crippen LogP) is 3.85. The first kappa shape index (κ1) is 19.3. The van der Waals surface area contributed by atoms with Crippen LogP contribution < -0.4 is 10.6 Å². The molecule has 3 aromatic rings. The molecule has 8 heteroatoms. The van der Waals surface area contributed by atoms with Gasteiger partial charge in [-0.05, 0) is 24.3 Å². The van der Waals surface area contributed by atoms with E-state index in [4.69, 9.17) is 16.1 Å². The first-order valence-electron chi connectivity index (χ1n) is 8.45. The van der Waals surface area contributed by atoms with Crippen LogP contribution in [-0.2, 0) is 6.54 Å². The quantitative estimate of drug-likeness (QED) is 0.271. The summed E-state index contributed by atoms with van der Waals surface area (Å²) in [6.45, 7) is 1.18. The molecule has 1 aromatic heterocycles. The van der Waals surface area contributed by atoms with E-state index in [1.54, 1.807) is 30.9 Å². The Labute approximate surface area is 167 Å². The average Bonchev–Trinajstić information content (AvgIpc) is 3.17. The van der Waals surface area contributed by atoms with E-state index >= 15 is 0 Å². The molecule has 140 valence electrons. The van der Waals surface area contributed by atoms with Gasteiger partial charge in [0.1, 0.15) is 0 Å². The Morgan fingerprint density at radius 2 is 2.00 bits per heavy atom. The molecule has 6 nitrogen and oxygen atoms in total. The molecule has 0 aliphatic carbocycles. The van der Waals surface area contributed by atoms with Gasteiger partial charge in [-0.25, -0.2) is 0 Å². The Kier molecular flexibility index (Phi) is 7.12. The van der Waals surface area contributed by atoms with E-state index in [1.165, 1.54) is 4.90 Å². The number of thioether (sulfide) groups is 1. The van der Waals surface area contributed by atoms with Gasteiger partial charge in [0.05, 0.1) is 6.54 Å². The Bertz CT molecular complexity index is 885. The molecule has 0 fully saturated rings. The Morgan fingerprint density at radius 1 is 1.15 bits per heavy atom. The Morgan fingerprint density at radius 3 is 2.78 bits per heavy atom. The van der Waals surface area contributed by atoms with Crippen LogP contribution in [0.25, 0.3) is 11.4 Å². The highest BCUT2D eigenvalue weighted by atomic mass is 35.5. The van der Waals surface area contributed by atoms with E-state index in [0.717, 1.165) is 17.9 Å². The van der Waals surface area contributed by atoms with Crippen molar-refractivity contribution in [2.24, 2.45) is 4.99 Å². The van der Waals surface area contributed by atoms with Crippen molar-refractivity contribution in [2.75, 3.05) is 19.3 Å². The number of rotatable bonds is 7. The van der Waals surface area contributed by atoms with Crippen molar-refractivity contribution in [1.29, 1.82) is 0 Å². The zero-order valence-corrected chi connectivity index (χ0v) is 16.4. The second-order valence-corrected chi connectivity index (χ2v) is 7.14. The van der Waals surface area contributed by atoms with Crippen LogP contribution in [0.4, 0.5) is 0 Å². The Hall–Kier alpha value is -2.51. The third-order valence-corrected chi connectivity index (χ3v) is 4.84. The van der Waals surface area contributed by atoms with Crippen LogP contribution in [0.3, 0.4) is 0 Å². The van der Waals surface area contributed by atoms with Gasteiger partial charge in [0.15, 0.2) is 5.96 Å². The fraction of sp³-hybridized carbons (Fsp3) is 0.211. The lowest BCUT2D eigenvalue weighted by molar-refractivity contribution is 0.375. The normalized spacial score (nSPS) is 11.4. The summed E-state index contributed by atoms with van der Waals surface area (Å²) >= 11 is 7.79. The zero-order valence-electron chi connectivity index (χ0n) is 14.9. The molecule has 0 spiro atoms. The first-order chi connectivity index (χ1) is 13.2. The predicted molar refractivity (Wildman–Crippen MR) is 110 cm³/mol. The van der Waals surface area contributed by atoms with Gasteiger partial charge in [-0.2, -0.15) is 4.98 Å². The fourth-order valence-electron chi connectivity index (χ4n) is 2.31. The van der Waals surface area contributed by atoms with Crippen molar-refractivity contribution < 1.29 is 4.52 Å². The van der Waals surface area contributed by atoms with Crippen molar-refractivity contribution in [3.63, 3.8) is 0 Å². The Balaban J connectivity index is 1.44. The number of nitrogens with zero attached hydrogens (tertiary/aromatic N) is 3. The number of hydrogen-bond donors (Lipinski definition) is 2. The smallest absolute Gasteiger partial charge is 0.246 e. The number of halogens is 1. The molecular weight excluding hydrogens is 382 g/mol. The number of aliphatic imine (C=N–C) groups is 1. The number of guanidine groups is 1. The summed E-state index contributed by atoms with van der Waals surface area (Å²) in [6.07, 6.45) is 0. The molecule has 0 saturated carbocycles. The van der Waals surface area contributed by atoms with E-state index in [-0.39, 0.29) is 0 Å². The second kappa shape index (κ2) is 9.99. The molecule has 0 unspecified atom stereocenters. The van der Waals surface area contributed by atoms with Gasteiger partial charge in [0, 0.05) is 34.8 Å². The number of benzene rings is 2. The molecule has 0 saturated heterocycles. The molecular formula is C19H20ClN5OS. The molecule has 0 aliphatic heterocycles. The number of nitrogens with one attached hydrogen (secondary N) is 2. The van der Waals surface area contributed by atoms with E-state index in [2.05, 4.69) is 37.9 Å². The van der Waals surface area contributed by atoms with E-state index in [0.29, 0.717) is 29.2 Å². The highest BCUT2D eigenvalue weighted by Gasteiger charge is 2.09. The van der Waals surface area contributed by atoms with Crippen molar-refractivity contribution in [3.8, 4) is 11.4 Å². The molecule has 0 bridgehead atoms. The van der Waals surface area contributed by atoms with Gasteiger partial charge >= 0.3 is 0 Å². The van der Waals surface area contributed by atoms with Gasteiger partial charge < -0.3 is 15.2 Å². The summed E-state index contributed by atoms with van der Waals surface area (Å²) in [7, 11) is 1.73. The molecule has 2 N–H and O–H groups in total. The lowest BCUT2D eigenvalue weighted by Crippen LogP contribution is -2.38. The van der Waals surface area contributed by atoms with Crippen LogP contribution in [0, 0.1) is 0 Å². The highest BCUT2D eigenvalue weighted by Crippen LogP contribution is 2.19. The standard InChI is InChI=1S/C19H20ClN5OS/c1-21-19(22-10-11-27-16-8-3-2-4-9-16)23-13-17-24-18(25-26-17)14-6-5-7-15(20)12-14/h2-9,12H,10-11,13H2,1H3,(H2,21,22,23). The molecule has 3 rings (SSSR count). The van der Waals surface area contributed by atoms with Crippen molar-refractivity contribution in [3.05, 3.63) is 65.5 Å². The largest absolute Gasteiger partial charge is 0.356 e. The molecule has 27 heavy (non-hydrogen) atoms. The summed E-state index contributed by atoms with van der Waals surface area (Å²) in [6, 6.07) is 17.6. The van der Waals surface area contributed by atoms with Crippen LogP contribution in [0.5, 0.6) is 0 Å². The maximum absolute atomic E-state index is 6.00. The van der Waals surface area contributed by atoms with Gasteiger partial charge in [-0.3, -0.25) is 4.99 Å². The van der Waals surface area contributed by atoms with Gasteiger partial charge in [-0.15, -0.1) is 11.8 Å². The van der Waals surface area contributed by atoms with E-state index < -0.39 is 0 Å². The molecule has 0 atom stereocenters. The van der Waals surface area contributed by atoms with Crippen molar-refractivity contribution >= 4 is 29.3 Å². The third-order valence-electron chi connectivity index (χ3n) is 3.59. The highest BCUT2D eigenvalue weighted by molar-refractivity contribution is 7.99. The minimum absolute atomic E-state index is 0.388. The summed E-state index contributed by atoms with van der Waals surface area (Å²) < 4.78 is 5.28. The molecule has 0 radical (unpaired) electrons. The average molecular weight is 402 g/mol. The van der Waals surface area contributed by atoms with Crippen molar-refractivity contribution in [1.82, 2.24) is 20.8 Å². The topological polar surface area (TPSA) is 75.3 Å². The number of aromatic nitrogens is 2. The van der Waals surface area contributed by atoms with Crippen LogP contribution in [0.15, 0.2) is 69.0 Å². The van der Waals surface area contributed by atoms with Crippen molar-refractivity contribution in [2.45, 2.75) is 11.4 Å². The summed E-state index contributed by atoms with van der Waals surface area (Å²) in [4.78, 5) is 9.83. The van der Waals surface area contributed by atoms with E-state index in [1.807, 2.05) is 30.3 Å². The molecule has 0 aliphatic rings. The SMILES string of the molecule is CN=C(NCCSc1ccccc1)NCc1nc(-c2cccc(Cl)c2)no1. The maximum Gasteiger partial charge on any atom is 0.246 e. The molecule has 1 heterocycles. The lowest BCUT2D eigenvalue weighted by Gasteiger charge is -2.10. The van der Waals surface area contributed by atoms with E-state index in [9.17, 15) is 0 Å². The van der Waals surface area contributed by atoms with Gasteiger partial charge in [0.25, 0.3) is 0 Å². The van der Waals surface area contributed by atoms with Crippen LogP contribution in [-0.4, -0.2) is 35.4 Å². The lowest BCUT2D eigenvalue weighted by atomic mass is 10.2. The summed E-state index contributed by atoms with van der Waals surface area (Å²) in [5.41, 5.74) is 0.818. The van der Waals surface area contributed by atoms with Crippen LogP contribution >= 0.6 is 23.4 Å². The zero-order chi connectivity index (χ0) is 18.9. The molecule has 2 aromatic carbocycles. The maximum atomic E-state index is 6.00. The molecule has 0 amide bonds. The minimum atomic E-state index is 0.388. The second-order valence-electron chi connectivity index (χ2n) is 5.54. The third kappa shape index (κ3) is 6.01. The van der Waals surface area contributed by atoms with Gasteiger partial charge in [-0.1, -0.05) is 47.1 Å². The summed E-state index contributed by atoms with van der Waals surface area (Å²) in [5, 5.41) is 11.1. The monoisotopic (exact) mass is 401 g/mol. The minimum Gasteiger partial charge on any atom is -0.356 e.